The summed E-state index contributed by atoms with van der Waals surface area (Å²) in [6.07, 6.45) is -0.797. The highest BCUT2D eigenvalue weighted by molar-refractivity contribution is 6.23. The van der Waals surface area contributed by atoms with Gasteiger partial charge < -0.3 is 20.3 Å². The molecule has 0 unspecified atom stereocenters. The van der Waals surface area contributed by atoms with Gasteiger partial charge in [-0.1, -0.05) is 54.6 Å². The van der Waals surface area contributed by atoms with Gasteiger partial charge in [-0.05, 0) is 44.8 Å². The maximum Gasteiger partial charge on any atom is 0.333 e. The second kappa shape index (κ2) is 9.92. The number of aliphatic hydroxyl groups is 2. The molecular formula is C30H29N3O6. The third kappa shape index (κ3) is 4.38. The van der Waals surface area contributed by atoms with Crippen LogP contribution in [0.15, 0.2) is 70.4 Å². The normalized spacial score (nSPS) is 19.4. The quantitative estimate of drug-likeness (QED) is 0.279. The molecule has 9 nitrogen and oxygen atoms in total. The summed E-state index contributed by atoms with van der Waals surface area (Å²) >= 11 is 0. The number of carbonyl (C=O) groups is 1. The maximum atomic E-state index is 13.1. The molecule has 2 heterocycles. The molecule has 1 fully saturated rings. The van der Waals surface area contributed by atoms with Crippen LogP contribution in [0.25, 0.3) is 32.3 Å². The lowest BCUT2D eigenvalue weighted by Gasteiger charge is -2.17. The predicted octanol–water partition coefficient (Wildman–Crippen LogP) is 2.22. The van der Waals surface area contributed by atoms with E-state index in [1.807, 2.05) is 18.2 Å². The van der Waals surface area contributed by atoms with Gasteiger partial charge in [0.15, 0.2) is 0 Å². The zero-order valence-electron chi connectivity index (χ0n) is 21.5. The van der Waals surface area contributed by atoms with Crippen molar-refractivity contribution in [1.82, 2.24) is 14.5 Å². The molecule has 1 aromatic heterocycles. The number of nitrogens with one attached hydrogen (secondary N) is 1. The van der Waals surface area contributed by atoms with E-state index in [9.17, 15) is 24.6 Å². The van der Waals surface area contributed by atoms with Gasteiger partial charge in [0.05, 0.1) is 19.1 Å². The van der Waals surface area contributed by atoms with Crippen LogP contribution in [0, 0.1) is 6.92 Å². The molecule has 1 aliphatic rings. The topological polar surface area (TPSA) is 123 Å². The Labute approximate surface area is 223 Å². The van der Waals surface area contributed by atoms with Crippen LogP contribution < -0.4 is 16.6 Å². The average Bonchev–Trinajstić information content (AvgIpc) is 3.32. The van der Waals surface area contributed by atoms with Gasteiger partial charge in [0, 0.05) is 31.3 Å². The number of rotatable bonds is 7. The fraction of sp³-hybridized carbons (Fsp3) is 0.300. The number of ether oxygens (including phenoxy) is 1. The van der Waals surface area contributed by atoms with Crippen LogP contribution >= 0.6 is 0 Å². The Morgan fingerprint density at radius 3 is 2.44 bits per heavy atom. The number of aliphatic hydroxyl groups excluding tert-OH is 2. The van der Waals surface area contributed by atoms with Crippen molar-refractivity contribution in [2.45, 2.75) is 44.7 Å². The fourth-order valence-corrected chi connectivity index (χ4v) is 5.70. The molecule has 9 heteroatoms. The van der Waals surface area contributed by atoms with Gasteiger partial charge in [-0.25, -0.2) is 4.79 Å². The molecule has 0 bridgehead atoms. The van der Waals surface area contributed by atoms with Crippen LogP contribution in [0.2, 0.25) is 0 Å². The SMILES string of the molecule is Cc1cn([C@H]2C[C@H](O)[C@@H](CO)O2)c(=O)n(CCNC(=O)Cc2ccc3ccc4cccc5ccc2c3c45)c1=O. The minimum atomic E-state index is -0.911. The van der Waals surface area contributed by atoms with E-state index in [4.69, 9.17) is 4.74 Å². The molecule has 1 aliphatic heterocycles. The number of aromatic nitrogens is 2. The lowest BCUT2D eigenvalue weighted by Crippen LogP contribution is -2.44. The molecular weight excluding hydrogens is 498 g/mol. The highest BCUT2D eigenvalue weighted by Crippen LogP contribution is 2.36. The Balaban J connectivity index is 1.19. The standard InChI is InChI=1S/C30H29N3O6/c1-17-15-33(26-14-23(35)24(16-34)39-26)30(38)32(29(17)37)12-11-31-25(36)13-21-8-7-20-6-5-18-3-2-4-19-9-10-22(21)28(20)27(18)19/h2-10,15,23-24,26,34-35H,11-14,16H2,1H3,(H,31,36)/t23-,24+,26+/m0/s1. The summed E-state index contributed by atoms with van der Waals surface area (Å²) in [5, 5.41) is 29.1. The first-order chi connectivity index (χ1) is 18.9. The monoisotopic (exact) mass is 527 g/mol. The van der Waals surface area contributed by atoms with Crippen LogP contribution in [-0.2, 0) is 22.5 Å². The highest BCUT2D eigenvalue weighted by Gasteiger charge is 2.35. The van der Waals surface area contributed by atoms with E-state index in [-0.39, 0.29) is 38.4 Å². The Kier molecular flexibility index (Phi) is 6.42. The van der Waals surface area contributed by atoms with Crippen molar-refractivity contribution < 1.29 is 19.7 Å². The van der Waals surface area contributed by atoms with E-state index in [1.165, 1.54) is 16.2 Å². The van der Waals surface area contributed by atoms with Gasteiger partial charge in [0.25, 0.3) is 5.56 Å². The third-order valence-corrected chi connectivity index (χ3v) is 7.69. The first-order valence-electron chi connectivity index (χ1n) is 13.0. The Bertz CT molecular complexity index is 1810. The van der Waals surface area contributed by atoms with Crippen molar-refractivity contribution in [3.05, 3.63) is 92.8 Å². The van der Waals surface area contributed by atoms with Crippen LogP contribution in [0.4, 0.5) is 0 Å². The van der Waals surface area contributed by atoms with Crippen molar-refractivity contribution in [2.75, 3.05) is 13.2 Å². The second-order valence-corrected chi connectivity index (χ2v) is 10.2. The molecule has 3 N–H and O–H groups in total. The summed E-state index contributed by atoms with van der Waals surface area (Å²) in [5.74, 6) is -0.209. The van der Waals surface area contributed by atoms with Crippen LogP contribution in [-0.4, -0.2) is 50.6 Å². The van der Waals surface area contributed by atoms with Crippen molar-refractivity contribution in [2.24, 2.45) is 0 Å². The van der Waals surface area contributed by atoms with Gasteiger partial charge in [0.2, 0.25) is 5.91 Å². The molecule has 0 aliphatic carbocycles. The van der Waals surface area contributed by atoms with Crippen LogP contribution in [0.1, 0.15) is 23.8 Å². The molecule has 200 valence electrons. The average molecular weight is 528 g/mol. The van der Waals surface area contributed by atoms with E-state index >= 15 is 0 Å². The van der Waals surface area contributed by atoms with E-state index in [0.717, 1.165) is 37.1 Å². The minimum absolute atomic E-state index is 0.0116. The largest absolute Gasteiger partial charge is 0.394 e. The lowest BCUT2D eigenvalue weighted by molar-refractivity contribution is -0.120. The number of benzene rings is 4. The van der Waals surface area contributed by atoms with Crippen LogP contribution in [0.5, 0.6) is 0 Å². The molecule has 5 aromatic rings. The Hall–Kier alpha value is -4.05. The van der Waals surface area contributed by atoms with Crippen LogP contribution in [0.3, 0.4) is 0 Å². The summed E-state index contributed by atoms with van der Waals surface area (Å²) in [6.45, 7) is 1.30. The number of amides is 1. The molecule has 0 spiro atoms. The molecule has 39 heavy (non-hydrogen) atoms. The number of aryl methyl sites for hydroxylation is 1. The van der Waals surface area contributed by atoms with Gasteiger partial charge in [-0.3, -0.25) is 18.7 Å². The highest BCUT2D eigenvalue weighted by atomic mass is 16.5. The summed E-state index contributed by atoms with van der Waals surface area (Å²) < 4.78 is 7.93. The first-order valence-corrected chi connectivity index (χ1v) is 13.0. The molecule has 1 amide bonds. The summed E-state index contributed by atoms with van der Waals surface area (Å²) in [7, 11) is 0. The van der Waals surface area contributed by atoms with E-state index in [2.05, 4.69) is 41.7 Å². The van der Waals surface area contributed by atoms with E-state index in [1.54, 1.807) is 6.92 Å². The smallest absolute Gasteiger partial charge is 0.333 e. The molecule has 0 radical (unpaired) electrons. The molecule has 0 saturated carbocycles. The third-order valence-electron chi connectivity index (χ3n) is 7.69. The molecule has 1 saturated heterocycles. The zero-order valence-corrected chi connectivity index (χ0v) is 21.5. The summed E-state index contributed by atoms with van der Waals surface area (Å²) in [4.78, 5) is 38.8. The Morgan fingerprint density at radius 1 is 1.03 bits per heavy atom. The van der Waals surface area contributed by atoms with Crippen molar-refractivity contribution in [3.63, 3.8) is 0 Å². The minimum Gasteiger partial charge on any atom is -0.394 e. The van der Waals surface area contributed by atoms with Crippen molar-refractivity contribution in [3.8, 4) is 0 Å². The number of hydrogen-bond donors (Lipinski definition) is 3. The maximum absolute atomic E-state index is 13.1. The van der Waals surface area contributed by atoms with Gasteiger partial charge in [-0.2, -0.15) is 0 Å². The van der Waals surface area contributed by atoms with E-state index < -0.39 is 29.7 Å². The van der Waals surface area contributed by atoms with Gasteiger partial charge in [-0.15, -0.1) is 0 Å². The second-order valence-electron chi connectivity index (χ2n) is 10.2. The Morgan fingerprint density at radius 2 is 1.72 bits per heavy atom. The first kappa shape index (κ1) is 25.2. The van der Waals surface area contributed by atoms with Gasteiger partial charge >= 0.3 is 5.69 Å². The van der Waals surface area contributed by atoms with E-state index in [0.29, 0.717) is 5.56 Å². The van der Waals surface area contributed by atoms with Crippen molar-refractivity contribution in [1.29, 1.82) is 0 Å². The zero-order chi connectivity index (χ0) is 27.3. The summed E-state index contributed by atoms with van der Waals surface area (Å²) in [5.41, 5.74) is 0.195. The fourth-order valence-electron chi connectivity index (χ4n) is 5.70. The predicted molar refractivity (Wildman–Crippen MR) is 148 cm³/mol. The number of nitrogens with zero attached hydrogens (tertiary/aromatic N) is 2. The molecule has 6 rings (SSSR count). The lowest BCUT2D eigenvalue weighted by atomic mass is 9.91. The number of hydrogen-bond acceptors (Lipinski definition) is 6. The molecule has 3 atom stereocenters. The van der Waals surface area contributed by atoms with Crippen molar-refractivity contribution >= 4 is 38.2 Å². The summed E-state index contributed by atoms with van der Waals surface area (Å²) in [6, 6.07) is 18.6. The molecule has 4 aromatic carbocycles. The number of carbonyl (C=O) groups excluding carboxylic acids is 1. The van der Waals surface area contributed by atoms with Gasteiger partial charge in [0.1, 0.15) is 12.3 Å².